The number of rotatable bonds is 6. The van der Waals surface area contributed by atoms with Crippen LogP contribution >= 0.6 is 0 Å². The van der Waals surface area contributed by atoms with Crippen molar-refractivity contribution in [1.29, 1.82) is 0 Å². The third-order valence-electron chi connectivity index (χ3n) is 3.12. The summed E-state index contributed by atoms with van der Waals surface area (Å²) in [5, 5.41) is 9.24. The van der Waals surface area contributed by atoms with Crippen molar-refractivity contribution in [3.63, 3.8) is 0 Å². The van der Waals surface area contributed by atoms with Crippen LogP contribution in [-0.2, 0) is 11.2 Å². The zero-order chi connectivity index (χ0) is 13.5. The number of aliphatic hydroxyl groups excluding tert-OH is 1. The zero-order valence-corrected chi connectivity index (χ0v) is 11.3. The Balaban J connectivity index is 2.50. The summed E-state index contributed by atoms with van der Waals surface area (Å²) in [4.78, 5) is 18.0. The SMILES string of the molecule is CC(C)C(CO)C(=O)N(C)CCc1ccccn1. The van der Waals surface area contributed by atoms with Crippen molar-refractivity contribution in [3.8, 4) is 0 Å². The van der Waals surface area contributed by atoms with E-state index >= 15 is 0 Å². The first-order chi connectivity index (χ1) is 8.56. The highest BCUT2D eigenvalue weighted by molar-refractivity contribution is 5.78. The molecule has 0 fully saturated rings. The van der Waals surface area contributed by atoms with Crippen LogP contribution in [0.5, 0.6) is 0 Å². The van der Waals surface area contributed by atoms with E-state index in [0.717, 1.165) is 12.1 Å². The average Bonchev–Trinajstić information content (AvgIpc) is 2.37. The summed E-state index contributed by atoms with van der Waals surface area (Å²) in [6.45, 7) is 4.43. The van der Waals surface area contributed by atoms with E-state index in [9.17, 15) is 9.90 Å². The quantitative estimate of drug-likeness (QED) is 0.829. The van der Waals surface area contributed by atoms with Gasteiger partial charge in [-0.1, -0.05) is 19.9 Å². The zero-order valence-electron chi connectivity index (χ0n) is 11.3. The van der Waals surface area contributed by atoms with Gasteiger partial charge in [0.25, 0.3) is 0 Å². The highest BCUT2D eigenvalue weighted by Gasteiger charge is 2.24. The number of carbonyl (C=O) groups is 1. The Morgan fingerprint density at radius 3 is 2.67 bits per heavy atom. The van der Waals surface area contributed by atoms with Gasteiger partial charge in [-0.15, -0.1) is 0 Å². The summed E-state index contributed by atoms with van der Waals surface area (Å²) in [7, 11) is 1.77. The molecular formula is C14H22N2O2. The smallest absolute Gasteiger partial charge is 0.228 e. The Kier molecular flexibility index (Phi) is 5.78. The van der Waals surface area contributed by atoms with Crippen molar-refractivity contribution >= 4 is 5.91 Å². The number of likely N-dealkylation sites (N-methyl/N-ethyl adjacent to an activating group) is 1. The van der Waals surface area contributed by atoms with Crippen LogP contribution in [0.25, 0.3) is 0 Å². The molecule has 0 bridgehead atoms. The monoisotopic (exact) mass is 250 g/mol. The van der Waals surface area contributed by atoms with Gasteiger partial charge in [0.1, 0.15) is 0 Å². The van der Waals surface area contributed by atoms with Gasteiger partial charge in [0, 0.05) is 31.9 Å². The summed E-state index contributed by atoms with van der Waals surface area (Å²) >= 11 is 0. The Hall–Kier alpha value is -1.42. The van der Waals surface area contributed by atoms with E-state index in [4.69, 9.17) is 0 Å². The molecule has 1 rings (SSSR count). The molecule has 0 aliphatic carbocycles. The molecule has 1 unspecified atom stereocenters. The first-order valence-electron chi connectivity index (χ1n) is 6.32. The summed E-state index contributed by atoms with van der Waals surface area (Å²) in [6.07, 6.45) is 2.49. The maximum atomic E-state index is 12.1. The fourth-order valence-electron chi connectivity index (χ4n) is 1.80. The minimum atomic E-state index is -0.307. The second-order valence-corrected chi connectivity index (χ2v) is 4.86. The minimum absolute atomic E-state index is 0.00318. The van der Waals surface area contributed by atoms with Crippen LogP contribution < -0.4 is 0 Å². The highest BCUT2D eigenvalue weighted by atomic mass is 16.3. The normalized spacial score (nSPS) is 12.5. The number of nitrogens with zero attached hydrogens (tertiary/aromatic N) is 2. The summed E-state index contributed by atoms with van der Waals surface area (Å²) < 4.78 is 0. The van der Waals surface area contributed by atoms with E-state index < -0.39 is 0 Å². The summed E-state index contributed by atoms with van der Waals surface area (Å²) in [5.41, 5.74) is 0.974. The van der Waals surface area contributed by atoms with Gasteiger partial charge in [-0.2, -0.15) is 0 Å². The first kappa shape index (κ1) is 14.6. The number of hydrogen-bond acceptors (Lipinski definition) is 3. The standard InChI is InChI=1S/C14H22N2O2/c1-11(2)13(10-17)14(18)16(3)9-7-12-6-4-5-8-15-12/h4-6,8,11,13,17H,7,9-10H2,1-3H3. The molecule has 1 N–H and O–H groups in total. The lowest BCUT2D eigenvalue weighted by Gasteiger charge is -2.24. The average molecular weight is 250 g/mol. The van der Waals surface area contributed by atoms with Crippen LogP contribution in [0.1, 0.15) is 19.5 Å². The molecule has 4 nitrogen and oxygen atoms in total. The third kappa shape index (κ3) is 4.11. The van der Waals surface area contributed by atoms with Gasteiger partial charge in [0.05, 0.1) is 12.5 Å². The molecule has 0 aliphatic heterocycles. The van der Waals surface area contributed by atoms with Crippen molar-refractivity contribution in [2.75, 3.05) is 20.2 Å². The third-order valence-corrected chi connectivity index (χ3v) is 3.12. The number of aliphatic hydroxyl groups is 1. The lowest BCUT2D eigenvalue weighted by atomic mass is 9.95. The molecule has 1 amide bonds. The molecule has 100 valence electrons. The number of aromatic nitrogens is 1. The molecule has 18 heavy (non-hydrogen) atoms. The molecule has 1 aromatic heterocycles. The summed E-state index contributed by atoms with van der Waals surface area (Å²) in [5.74, 6) is -0.151. The number of hydrogen-bond donors (Lipinski definition) is 1. The molecule has 0 saturated heterocycles. The number of amides is 1. The van der Waals surface area contributed by atoms with Crippen molar-refractivity contribution in [2.45, 2.75) is 20.3 Å². The van der Waals surface area contributed by atoms with E-state index in [2.05, 4.69) is 4.98 Å². The van der Waals surface area contributed by atoms with Crippen LogP contribution in [0.15, 0.2) is 24.4 Å². The maximum absolute atomic E-state index is 12.1. The van der Waals surface area contributed by atoms with Gasteiger partial charge in [-0.25, -0.2) is 0 Å². The fourth-order valence-corrected chi connectivity index (χ4v) is 1.80. The van der Waals surface area contributed by atoms with Crippen molar-refractivity contribution in [3.05, 3.63) is 30.1 Å². The molecule has 0 saturated carbocycles. The number of pyridine rings is 1. The summed E-state index contributed by atoms with van der Waals surface area (Å²) in [6, 6.07) is 5.76. The van der Waals surface area contributed by atoms with Crippen molar-refractivity contribution in [1.82, 2.24) is 9.88 Å². The molecule has 0 spiro atoms. The van der Waals surface area contributed by atoms with Gasteiger partial charge >= 0.3 is 0 Å². The van der Waals surface area contributed by atoms with Gasteiger partial charge in [-0.05, 0) is 18.1 Å². The molecule has 0 aliphatic rings. The van der Waals surface area contributed by atoms with Gasteiger partial charge in [0.2, 0.25) is 5.91 Å². The van der Waals surface area contributed by atoms with E-state index in [1.165, 1.54) is 0 Å². The molecule has 1 heterocycles. The molecule has 4 heteroatoms. The maximum Gasteiger partial charge on any atom is 0.228 e. The second kappa shape index (κ2) is 7.11. The molecule has 0 radical (unpaired) electrons. The van der Waals surface area contributed by atoms with E-state index in [1.54, 1.807) is 18.1 Å². The van der Waals surface area contributed by atoms with Gasteiger partial charge in [-0.3, -0.25) is 9.78 Å². The molecule has 0 aromatic carbocycles. The van der Waals surface area contributed by atoms with E-state index in [0.29, 0.717) is 6.54 Å². The first-order valence-corrected chi connectivity index (χ1v) is 6.32. The Morgan fingerprint density at radius 2 is 2.17 bits per heavy atom. The Bertz CT molecular complexity index is 365. The minimum Gasteiger partial charge on any atom is -0.396 e. The van der Waals surface area contributed by atoms with Gasteiger partial charge in [0.15, 0.2) is 0 Å². The Labute approximate surface area is 109 Å². The fraction of sp³-hybridized carbons (Fsp3) is 0.571. The Morgan fingerprint density at radius 1 is 1.44 bits per heavy atom. The van der Waals surface area contributed by atoms with Crippen LogP contribution in [0, 0.1) is 11.8 Å². The number of carbonyl (C=O) groups excluding carboxylic acids is 1. The lowest BCUT2D eigenvalue weighted by Crippen LogP contribution is -2.38. The van der Waals surface area contributed by atoms with E-state index in [1.807, 2.05) is 32.0 Å². The predicted octanol–water partition coefficient (Wildman–Crippen LogP) is 1.35. The van der Waals surface area contributed by atoms with Crippen LogP contribution in [0.3, 0.4) is 0 Å². The van der Waals surface area contributed by atoms with Crippen LogP contribution in [0.4, 0.5) is 0 Å². The van der Waals surface area contributed by atoms with Crippen LogP contribution in [0.2, 0.25) is 0 Å². The van der Waals surface area contributed by atoms with Crippen molar-refractivity contribution < 1.29 is 9.90 Å². The molecular weight excluding hydrogens is 228 g/mol. The predicted molar refractivity (Wildman–Crippen MR) is 71.0 cm³/mol. The largest absolute Gasteiger partial charge is 0.396 e. The molecule has 1 aromatic rings. The van der Waals surface area contributed by atoms with Crippen LogP contribution in [-0.4, -0.2) is 41.1 Å². The second-order valence-electron chi connectivity index (χ2n) is 4.86. The van der Waals surface area contributed by atoms with E-state index in [-0.39, 0.29) is 24.3 Å². The van der Waals surface area contributed by atoms with Gasteiger partial charge < -0.3 is 10.0 Å². The highest BCUT2D eigenvalue weighted by Crippen LogP contribution is 2.13. The lowest BCUT2D eigenvalue weighted by molar-refractivity contribution is -0.137. The van der Waals surface area contributed by atoms with Crippen molar-refractivity contribution in [2.24, 2.45) is 11.8 Å². The molecule has 1 atom stereocenters. The topological polar surface area (TPSA) is 53.4 Å².